The van der Waals surface area contributed by atoms with Gasteiger partial charge < -0.3 is 10.1 Å². The Bertz CT molecular complexity index is 917. The summed E-state index contributed by atoms with van der Waals surface area (Å²) in [6.07, 6.45) is 5.32. The monoisotopic (exact) mass is 411 g/mol. The molecular formula is C22H26ClN5O. The minimum absolute atomic E-state index is 0. The number of nitrogens with one attached hydrogen (secondary N) is 1. The van der Waals surface area contributed by atoms with Gasteiger partial charge in [-0.1, -0.05) is 36.4 Å². The Balaban J connectivity index is 0.00000205. The zero-order chi connectivity index (χ0) is 18.8. The maximum Gasteiger partial charge on any atom is 0.200 e. The zero-order valence-corrected chi connectivity index (χ0v) is 17.1. The Labute approximate surface area is 177 Å². The molecule has 1 aliphatic carbocycles. The number of ether oxygens (including phenoxy) is 1. The molecule has 5 rings (SSSR count). The quantitative estimate of drug-likeness (QED) is 0.712. The SMILES string of the molecule is Cl.c1ccc(Cn2nc(-c3ccccn3)nc2[C@H]2CC[C@H]3OCCN[C@@H]3C2)cc1. The first kappa shape index (κ1) is 20.0. The summed E-state index contributed by atoms with van der Waals surface area (Å²) in [4.78, 5) is 9.41. The van der Waals surface area contributed by atoms with E-state index >= 15 is 0 Å². The summed E-state index contributed by atoms with van der Waals surface area (Å²) in [5.41, 5.74) is 2.05. The Morgan fingerprint density at radius 3 is 2.76 bits per heavy atom. The van der Waals surface area contributed by atoms with Crippen molar-refractivity contribution in [1.29, 1.82) is 0 Å². The third kappa shape index (κ3) is 4.34. The first-order chi connectivity index (χ1) is 13.9. The van der Waals surface area contributed by atoms with Crippen LogP contribution in [0.15, 0.2) is 54.7 Å². The molecule has 0 unspecified atom stereocenters. The van der Waals surface area contributed by atoms with E-state index in [1.807, 2.05) is 24.3 Å². The largest absolute Gasteiger partial charge is 0.375 e. The minimum atomic E-state index is 0. The summed E-state index contributed by atoms with van der Waals surface area (Å²) < 4.78 is 8.03. The van der Waals surface area contributed by atoms with E-state index < -0.39 is 0 Å². The van der Waals surface area contributed by atoms with Crippen LogP contribution in [-0.4, -0.2) is 45.0 Å². The van der Waals surface area contributed by atoms with Crippen molar-refractivity contribution >= 4 is 12.4 Å². The van der Waals surface area contributed by atoms with Gasteiger partial charge >= 0.3 is 0 Å². The van der Waals surface area contributed by atoms with Crippen molar-refractivity contribution in [3.05, 3.63) is 66.1 Å². The number of fused-ring (bicyclic) bond motifs is 1. The molecule has 3 heterocycles. The standard InChI is InChI=1S/C22H25N5O.ClH/c1-2-6-16(7-3-1)15-27-22(25-21(26-27)18-8-4-5-11-23-18)17-9-10-20-19(14-17)24-12-13-28-20;/h1-8,11,17,19-20,24H,9-10,12-15H2;1H/t17-,19+,20+;/m0./s1. The molecule has 2 aromatic heterocycles. The van der Waals surface area contributed by atoms with E-state index in [4.69, 9.17) is 14.8 Å². The van der Waals surface area contributed by atoms with Crippen LogP contribution in [-0.2, 0) is 11.3 Å². The first-order valence-electron chi connectivity index (χ1n) is 10.1. The molecule has 1 aromatic carbocycles. The highest BCUT2D eigenvalue weighted by Crippen LogP contribution is 2.35. The van der Waals surface area contributed by atoms with E-state index in [-0.39, 0.29) is 12.4 Å². The van der Waals surface area contributed by atoms with Gasteiger partial charge in [-0.05, 0) is 37.0 Å². The van der Waals surface area contributed by atoms with Crippen LogP contribution in [0.4, 0.5) is 0 Å². The van der Waals surface area contributed by atoms with Crippen molar-refractivity contribution in [1.82, 2.24) is 25.1 Å². The molecule has 7 heteroatoms. The van der Waals surface area contributed by atoms with E-state index in [9.17, 15) is 0 Å². The van der Waals surface area contributed by atoms with Crippen molar-refractivity contribution in [2.45, 2.75) is 43.9 Å². The van der Waals surface area contributed by atoms with Crippen molar-refractivity contribution < 1.29 is 4.74 Å². The number of rotatable bonds is 4. The highest BCUT2D eigenvalue weighted by molar-refractivity contribution is 5.85. The van der Waals surface area contributed by atoms with Gasteiger partial charge in [0.25, 0.3) is 0 Å². The van der Waals surface area contributed by atoms with Gasteiger partial charge in [-0.15, -0.1) is 17.5 Å². The number of benzene rings is 1. The molecule has 0 spiro atoms. The fraction of sp³-hybridized carbons (Fsp3) is 0.409. The summed E-state index contributed by atoms with van der Waals surface area (Å²) in [7, 11) is 0. The zero-order valence-electron chi connectivity index (χ0n) is 16.3. The first-order valence-corrected chi connectivity index (χ1v) is 10.1. The Morgan fingerprint density at radius 2 is 1.93 bits per heavy atom. The number of hydrogen-bond acceptors (Lipinski definition) is 5. The molecule has 0 amide bonds. The van der Waals surface area contributed by atoms with Crippen LogP contribution in [0.3, 0.4) is 0 Å². The number of nitrogens with zero attached hydrogens (tertiary/aromatic N) is 4. The van der Waals surface area contributed by atoms with Crippen LogP contribution in [0.5, 0.6) is 0 Å². The van der Waals surface area contributed by atoms with Crippen LogP contribution in [0, 0.1) is 0 Å². The van der Waals surface area contributed by atoms with Gasteiger partial charge in [0.1, 0.15) is 11.5 Å². The molecule has 3 atom stereocenters. The Kier molecular flexibility index (Phi) is 6.23. The summed E-state index contributed by atoms with van der Waals surface area (Å²) in [6.45, 7) is 2.48. The highest BCUT2D eigenvalue weighted by atomic mass is 35.5. The third-order valence-electron chi connectivity index (χ3n) is 5.76. The second-order valence-corrected chi connectivity index (χ2v) is 7.63. The van der Waals surface area contributed by atoms with Crippen LogP contribution in [0.1, 0.15) is 36.6 Å². The molecule has 0 bridgehead atoms. The number of halogens is 1. The number of hydrogen-bond donors (Lipinski definition) is 1. The van der Waals surface area contributed by atoms with Gasteiger partial charge in [-0.2, -0.15) is 0 Å². The third-order valence-corrected chi connectivity index (χ3v) is 5.76. The fourth-order valence-corrected chi connectivity index (χ4v) is 4.38. The molecule has 152 valence electrons. The maximum absolute atomic E-state index is 5.95. The molecule has 6 nitrogen and oxygen atoms in total. The van der Waals surface area contributed by atoms with Crippen LogP contribution in [0.2, 0.25) is 0 Å². The van der Waals surface area contributed by atoms with Crippen molar-refractivity contribution in [2.24, 2.45) is 0 Å². The Hall–Kier alpha value is -2.28. The fourth-order valence-electron chi connectivity index (χ4n) is 4.38. The average Bonchev–Trinajstić information content (AvgIpc) is 3.18. The van der Waals surface area contributed by atoms with Gasteiger partial charge in [0, 0.05) is 24.7 Å². The van der Waals surface area contributed by atoms with Crippen LogP contribution >= 0.6 is 12.4 Å². The molecule has 1 aliphatic heterocycles. The second-order valence-electron chi connectivity index (χ2n) is 7.63. The topological polar surface area (TPSA) is 64.9 Å². The molecule has 2 fully saturated rings. The predicted octanol–water partition coefficient (Wildman–Crippen LogP) is 3.43. The predicted molar refractivity (Wildman–Crippen MR) is 114 cm³/mol. The number of aromatic nitrogens is 4. The van der Waals surface area contributed by atoms with Gasteiger partial charge in [-0.3, -0.25) is 4.98 Å². The Morgan fingerprint density at radius 1 is 1.07 bits per heavy atom. The minimum Gasteiger partial charge on any atom is -0.375 e. The molecule has 29 heavy (non-hydrogen) atoms. The van der Waals surface area contributed by atoms with Gasteiger partial charge in [0.2, 0.25) is 0 Å². The lowest BCUT2D eigenvalue weighted by Crippen LogP contribution is -2.51. The smallest absolute Gasteiger partial charge is 0.200 e. The molecule has 1 saturated carbocycles. The van der Waals surface area contributed by atoms with E-state index in [2.05, 4.69) is 39.2 Å². The van der Waals surface area contributed by atoms with E-state index in [0.717, 1.165) is 50.5 Å². The van der Waals surface area contributed by atoms with E-state index in [1.54, 1.807) is 6.20 Å². The maximum atomic E-state index is 5.95. The van der Waals surface area contributed by atoms with E-state index in [0.29, 0.717) is 23.9 Å². The van der Waals surface area contributed by atoms with Crippen LogP contribution < -0.4 is 5.32 Å². The summed E-state index contributed by atoms with van der Waals surface area (Å²) in [6, 6.07) is 16.7. The lowest BCUT2D eigenvalue weighted by atomic mass is 9.82. The molecular weight excluding hydrogens is 386 g/mol. The van der Waals surface area contributed by atoms with Crippen molar-refractivity contribution in [3.8, 4) is 11.5 Å². The summed E-state index contributed by atoms with van der Waals surface area (Å²) in [5.74, 6) is 2.15. The molecule has 2 aliphatic rings. The normalized spacial score (nSPS) is 23.8. The van der Waals surface area contributed by atoms with Gasteiger partial charge in [0.05, 0.1) is 19.3 Å². The lowest BCUT2D eigenvalue weighted by Gasteiger charge is -2.39. The summed E-state index contributed by atoms with van der Waals surface area (Å²) >= 11 is 0. The summed E-state index contributed by atoms with van der Waals surface area (Å²) in [5, 5.41) is 8.48. The highest BCUT2D eigenvalue weighted by Gasteiger charge is 2.35. The molecule has 3 aromatic rings. The molecule has 1 N–H and O–H groups in total. The van der Waals surface area contributed by atoms with Crippen molar-refractivity contribution in [2.75, 3.05) is 13.2 Å². The molecule has 0 radical (unpaired) electrons. The molecule has 1 saturated heterocycles. The lowest BCUT2D eigenvalue weighted by molar-refractivity contribution is -0.0282. The number of morpholine rings is 1. The van der Waals surface area contributed by atoms with Crippen molar-refractivity contribution in [3.63, 3.8) is 0 Å². The van der Waals surface area contributed by atoms with Gasteiger partial charge in [-0.25, -0.2) is 9.67 Å². The van der Waals surface area contributed by atoms with E-state index in [1.165, 1.54) is 5.56 Å². The van der Waals surface area contributed by atoms with Crippen LogP contribution in [0.25, 0.3) is 11.5 Å². The second kappa shape index (κ2) is 9.03. The number of pyridine rings is 1. The van der Waals surface area contributed by atoms with Gasteiger partial charge in [0.15, 0.2) is 5.82 Å². The average molecular weight is 412 g/mol.